The van der Waals surface area contributed by atoms with Crippen LogP contribution in [0.25, 0.3) is 5.69 Å². The summed E-state index contributed by atoms with van der Waals surface area (Å²) in [5.74, 6) is 0. The Morgan fingerprint density at radius 2 is 1.90 bits per heavy atom. The van der Waals surface area contributed by atoms with E-state index in [0.29, 0.717) is 0 Å². The summed E-state index contributed by atoms with van der Waals surface area (Å²) in [7, 11) is 0. The number of rotatable bonds is 5. The molecule has 1 heterocycles. The molecule has 0 unspecified atom stereocenters. The van der Waals surface area contributed by atoms with Gasteiger partial charge >= 0.3 is 0 Å². The predicted octanol–water partition coefficient (Wildman–Crippen LogP) is 3.26. The summed E-state index contributed by atoms with van der Waals surface area (Å²) in [6.07, 6.45) is 1.04. The minimum absolute atomic E-state index is 1.01. The van der Waals surface area contributed by atoms with Gasteiger partial charge < -0.3 is 5.32 Å². The SMILES string of the molecule is CCNCCc1c(C)nn(-c2cc(C)ccc2C)c1C. The normalized spacial score (nSPS) is 11.1. The molecule has 0 saturated heterocycles. The highest BCUT2D eigenvalue weighted by Gasteiger charge is 2.13. The van der Waals surface area contributed by atoms with Crippen LogP contribution in [0.1, 0.15) is 35.0 Å². The Morgan fingerprint density at radius 3 is 2.60 bits per heavy atom. The number of aromatic nitrogens is 2. The van der Waals surface area contributed by atoms with Gasteiger partial charge in [0.05, 0.1) is 11.4 Å². The minimum atomic E-state index is 1.01. The first kappa shape index (κ1) is 14.8. The Balaban J connectivity index is 2.38. The van der Waals surface area contributed by atoms with Crippen LogP contribution in [0.5, 0.6) is 0 Å². The summed E-state index contributed by atoms with van der Waals surface area (Å²) in [6, 6.07) is 6.53. The molecule has 0 spiro atoms. The summed E-state index contributed by atoms with van der Waals surface area (Å²) >= 11 is 0. The van der Waals surface area contributed by atoms with E-state index in [4.69, 9.17) is 5.10 Å². The maximum atomic E-state index is 4.75. The third kappa shape index (κ3) is 2.93. The molecule has 0 fully saturated rings. The number of hydrogen-bond acceptors (Lipinski definition) is 2. The van der Waals surface area contributed by atoms with Crippen LogP contribution in [0.4, 0.5) is 0 Å². The average Bonchev–Trinajstić information content (AvgIpc) is 2.69. The van der Waals surface area contributed by atoms with E-state index in [1.807, 2.05) is 0 Å². The average molecular weight is 271 g/mol. The zero-order valence-corrected chi connectivity index (χ0v) is 13.2. The van der Waals surface area contributed by atoms with Crippen molar-refractivity contribution in [2.24, 2.45) is 0 Å². The zero-order chi connectivity index (χ0) is 14.7. The molecule has 0 bridgehead atoms. The predicted molar refractivity (Wildman–Crippen MR) is 84.8 cm³/mol. The molecule has 1 N–H and O–H groups in total. The van der Waals surface area contributed by atoms with Crippen LogP contribution >= 0.6 is 0 Å². The molecule has 0 atom stereocenters. The molecule has 20 heavy (non-hydrogen) atoms. The van der Waals surface area contributed by atoms with Gasteiger partial charge in [-0.25, -0.2) is 4.68 Å². The van der Waals surface area contributed by atoms with E-state index >= 15 is 0 Å². The van der Waals surface area contributed by atoms with Crippen LogP contribution in [0, 0.1) is 27.7 Å². The summed E-state index contributed by atoms with van der Waals surface area (Å²) in [5.41, 5.74) is 7.49. The van der Waals surface area contributed by atoms with Crippen LogP contribution in [0.3, 0.4) is 0 Å². The fraction of sp³-hybridized carbons (Fsp3) is 0.471. The van der Waals surface area contributed by atoms with Gasteiger partial charge in [-0.05, 0) is 70.0 Å². The van der Waals surface area contributed by atoms with Gasteiger partial charge in [0.15, 0.2) is 0 Å². The lowest BCUT2D eigenvalue weighted by Gasteiger charge is -2.10. The molecule has 0 aliphatic carbocycles. The van der Waals surface area contributed by atoms with Gasteiger partial charge in [-0.15, -0.1) is 0 Å². The van der Waals surface area contributed by atoms with Crippen molar-refractivity contribution in [3.05, 3.63) is 46.3 Å². The van der Waals surface area contributed by atoms with Crippen molar-refractivity contribution in [2.75, 3.05) is 13.1 Å². The Labute approximate surface area is 122 Å². The van der Waals surface area contributed by atoms with Crippen LogP contribution in [0.2, 0.25) is 0 Å². The summed E-state index contributed by atoms with van der Waals surface area (Å²) in [4.78, 5) is 0. The Morgan fingerprint density at radius 1 is 1.15 bits per heavy atom. The molecule has 3 nitrogen and oxygen atoms in total. The minimum Gasteiger partial charge on any atom is -0.317 e. The molecular weight excluding hydrogens is 246 g/mol. The van der Waals surface area contributed by atoms with E-state index in [1.54, 1.807) is 0 Å². The first-order valence-corrected chi connectivity index (χ1v) is 7.38. The highest BCUT2D eigenvalue weighted by Crippen LogP contribution is 2.21. The van der Waals surface area contributed by atoms with E-state index in [-0.39, 0.29) is 0 Å². The lowest BCUT2D eigenvalue weighted by Crippen LogP contribution is -2.16. The van der Waals surface area contributed by atoms with Crippen LogP contribution in [0.15, 0.2) is 18.2 Å². The van der Waals surface area contributed by atoms with Gasteiger partial charge in [0.1, 0.15) is 0 Å². The summed E-state index contributed by atoms with van der Waals surface area (Å²) < 4.78 is 2.10. The van der Waals surface area contributed by atoms with Crippen molar-refractivity contribution in [1.29, 1.82) is 0 Å². The third-order valence-electron chi connectivity index (χ3n) is 3.84. The number of nitrogens with zero attached hydrogens (tertiary/aromatic N) is 2. The van der Waals surface area contributed by atoms with Gasteiger partial charge in [-0.2, -0.15) is 5.10 Å². The number of nitrogens with one attached hydrogen (secondary N) is 1. The number of benzene rings is 1. The van der Waals surface area contributed by atoms with Crippen molar-refractivity contribution >= 4 is 0 Å². The van der Waals surface area contributed by atoms with E-state index in [9.17, 15) is 0 Å². The smallest absolute Gasteiger partial charge is 0.0680 e. The van der Waals surface area contributed by atoms with Gasteiger partial charge in [0, 0.05) is 5.69 Å². The monoisotopic (exact) mass is 271 g/mol. The Hall–Kier alpha value is -1.61. The molecule has 1 aromatic carbocycles. The number of hydrogen-bond donors (Lipinski definition) is 1. The van der Waals surface area contributed by atoms with Gasteiger partial charge in [0.2, 0.25) is 0 Å². The molecule has 0 amide bonds. The first-order valence-electron chi connectivity index (χ1n) is 7.38. The first-order chi connectivity index (χ1) is 9.54. The summed E-state index contributed by atoms with van der Waals surface area (Å²) in [6.45, 7) is 12.7. The van der Waals surface area contributed by atoms with Crippen molar-refractivity contribution < 1.29 is 0 Å². The van der Waals surface area contributed by atoms with Crippen LogP contribution in [-0.4, -0.2) is 22.9 Å². The molecule has 108 valence electrons. The van der Waals surface area contributed by atoms with E-state index < -0.39 is 0 Å². The topological polar surface area (TPSA) is 29.9 Å². The van der Waals surface area contributed by atoms with Crippen molar-refractivity contribution in [2.45, 2.75) is 41.0 Å². The van der Waals surface area contributed by atoms with E-state index in [1.165, 1.54) is 28.1 Å². The third-order valence-corrected chi connectivity index (χ3v) is 3.84. The molecule has 2 aromatic rings. The van der Waals surface area contributed by atoms with Crippen molar-refractivity contribution in [3.8, 4) is 5.69 Å². The van der Waals surface area contributed by atoms with Gasteiger partial charge in [0.25, 0.3) is 0 Å². The second kappa shape index (κ2) is 6.23. The fourth-order valence-corrected chi connectivity index (χ4v) is 2.61. The molecule has 3 heteroatoms. The molecule has 0 aliphatic rings. The highest BCUT2D eigenvalue weighted by atomic mass is 15.3. The second-order valence-electron chi connectivity index (χ2n) is 5.45. The van der Waals surface area contributed by atoms with Gasteiger partial charge in [-0.1, -0.05) is 19.1 Å². The molecule has 2 rings (SSSR count). The lowest BCUT2D eigenvalue weighted by atomic mass is 10.1. The van der Waals surface area contributed by atoms with Crippen LogP contribution < -0.4 is 5.32 Å². The number of likely N-dealkylation sites (N-methyl/N-ethyl adjacent to an activating group) is 1. The van der Waals surface area contributed by atoms with E-state index in [2.05, 4.69) is 62.8 Å². The Kier molecular flexibility index (Phi) is 4.61. The van der Waals surface area contributed by atoms with Crippen molar-refractivity contribution in [1.82, 2.24) is 15.1 Å². The molecular formula is C17H25N3. The maximum Gasteiger partial charge on any atom is 0.0680 e. The molecule has 0 saturated carbocycles. The second-order valence-corrected chi connectivity index (χ2v) is 5.45. The zero-order valence-electron chi connectivity index (χ0n) is 13.2. The highest BCUT2D eigenvalue weighted by molar-refractivity contribution is 5.45. The van der Waals surface area contributed by atoms with Gasteiger partial charge in [-0.3, -0.25) is 0 Å². The van der Waals surface area contributed by atoms with Crippen molar-refractivity contribution in [3.63, 3.8) is 0 Å². The maximum absolute atomic E-state index is 4.75. The summed E-state index contributed by atoms with van der Waals surface area (Å²) in [5, 5.41) is 8.13. The fourth-order valence-electron chi connectivity index (χ4n) is 2.61. The molecule has 1 aromatic heterocycles. The molecule has 0 aliphatic heterocycles. The lowest BCUT2D eigenvalue weighted by molar-refractivity contribution is 0.712. The van der Waals surface area contributed by atoms with E-state index in [0.717, 1.165) is 25.2 Å². The molecule has 0 radical (unpaired) electrons. The van der Waals surface area contributed by atoms with Crippen LogP contribution in [-0.2, 0) is 6.42 Å². The number of aryl methyl sites for hydroxylation is 3. The largest absolute Gasteiger partial charge is 0.317 e. The standard InChI is InChI=1S/C17H25N3/c1-6-18-10-9-16-14(4)19-20(15(16)5)17-11-12(2)7-8-13(17)3/h7-8,11,18H,6,9-10H2,1-5H3. The quantitative estimate of drug-likeness (QED) is 0.846. The Bertz CT molecular complexity index is 597.